The van der Waals surface area contributed by atoms with Crippen molar-refractivity contribution in [3.05, 3.63) is 35.3 Å². The van der Waals surface area contributed by atoms with Crippen LogP contribution in [0.4, 0.5) is 0 Å². The minimum atomic E-state index is -0.457. The first-order chi connectivity index (χ1) is 8.33. The van der Waals surface area contributed by atoms with E-state index in [-0.39, 0.29) is 0 Å². The molecule has 0 radical (unpaired) electrons. The van der Waals surface area contributed by atoms with Gasteiger partial charge in [-0.1, -0.05) is 25.8 Å². The summed E-state index contributed by atoms with van der Waals surface area (Å²) < 4.78 is 5.39. The number of aliphatic hydroxyl groups is 1. The zero-order chi connectivity index (χ0) is 12.1. The molecule has 2 rings (SSSR count). The zero-order valence-electron chi connectivity index (χ0n) is 10.6. The molecule has 1 heterocycles. The first-order valence-corrected chi connectivity index (χ1v) is 6.76. The Labute approximate surface area is 103 Å². The highest BCUT2D eigenvalue weighted by Crippen LogP contribution is 2.31. The van der Waals surface area contributed by atoms with E-state index in [0.29, 0.717) is 0 Å². The summed E-state index contributed by atoms with van der Waals surface area (Å²) in [5, 5.41) is 10.4. The smallest absolute Gasteiger partial charge is 0.109 e. The molecule has 0 spiro atoms. The molecule has 94 valence electrons. The monoisotopic (exact) mass is 234 g/mol. The second kappa shape index (κ2) is 6.06. The normalized spacial score (nSPS) is 22.4. The van der Waals surface area contributed by atoms with Crippen molar-refractivity contribution in [1.82, 2.24) is 0 Å². The van der Waals surface area contributed by atoms with Gasteiger partial charge in [-0.2, -0.15) is 0 Å². The lowest BCUT2D eigenvalue weighted by Gasteiger charge is -2.17. The summed E-state index contributed by atoms with van der Waals surface area (Å²) in [7, 11) is 0. The number of aliphatic hydroxyl groups excluding tert-OH is 1. The molecule has 2 nitrogen and oxygen atoms in total. The number of hydrogen-bond donors (Lipinski definition) is 1. The third-order valence-electron chi connectivity index (χ3n) is 3.57. The molecular formula is C15H22O2. The molecule has 17 heavy (non-hydrogen) atoms. The summed E-state index contributed by atoms with van der Waals surface area (Å²) in [6, 6.07) is 1.91. The molecule has 0 aliphatic heterocycles. The predicted octanol–water partition coefficient (Wildman–Crippen LogP) is 4.16. The quantitative estimate of drug-likeness (QED) is 0.797. The summed E-state index contributed by atoms with van der Waals surface area (Å²) in [5.41, 5.74) is 2.14. The van der Waals surface area contributed by atoms with Crippen LogP contribution in [-0.2, 0) is 6.42 Å². The lowest BCUT2D eigenvalue weighted by molar-refractivity contribution is 0.206. The number of rotatable bonds is 3. The average Bonchev–Trinajstić information content (AvgIpc) is 2.75. The molecule has 1 aliphatic rings. The van der Waals surface area contributed by atoms with Crippen LogP contribution in [-0.4, -0.2) is 5.11 Å². The van der Waals surface area contributed by atoms with Crippen LogP contribution >= 0.6 is 0 Å². The van der Waals surface area contributed by atoms with E-state index in [2.05, 4.69) is 13.0 Å². The summed E-state index contributed by atoms with van der Waals surface area (Å²) in [4.78, 5) is 0. The summed E-state index contributed by atoms with van der Waals surface area (Å²) in [6.07, 6.45) is 11.5. The van der Waals surface area contributed by atoms with Crippen LogP contribution in [0, 0.1) is 0 Å². The summed E-state index contributed by atoms with van der Waals surface area (Å²) in [6.45, 7) is 2.06. The van der Waals surface area contributed by atoms with Crippen molar-refractivity contribution in [2.24, 2.45) is 0 Å². The van der Waals surface area contributed by atoms with Gasteiger partial charge in [0.2, 0.25) is 0 Å². The molecule has 2 heteroatoms. The van der Waals surface area contributed by atoms with Crippen LogP contribution in [0.15, 0.2) is 28.4 Å². The van der Waals surface area contributed by atoms with E-state index in [1.165, 1.54) is 31.3 Å². The second-order valence-electron chi connectivity index (χ2n) is 4.79. The Morgan fingerprint density at radius 1 is 1.29 bits per heavy atom. The predicted molar refractivity (Wildman–Crippen MR) is 68.8 cm³/mol. The van der Waals surface area contributed by atoms with Gasteiger partial charge in [0.25, 0.3) is 0 Å². The molecule has 0 amide bonds. The number of hydrogen-bond acceptors (Lipinski definition) is 2. The highest BCUT2D eigenvalue weighted by molar-refractivity contribution is 5.28. The highest BCUT2D eigenvalue weighted by atomic mass is 16.3. The summed E-state index contributed by atoms with van der Waals surface area (Å²) in [5.74, 6) is 0.917. The van der Waals surface area contributed by atoms with Crippen molar-refractivity contribution >= 4 is 0 Å². The maximum Gasteiger partial charge on any atom is 0.109 e. The van der Waals surface area contributed by atoms with Gasteiger partial charge in [-0.05, 0) is 37.3 Å². The van der Waals surface area contributed by atoms with Gasteiger partial charge in [-0.15, -0.1) is 0 Å². The maximum atomic E-state index is 10.4. The molecule has 0 aromatic carbocycles. The Morgan fingerprint density at radius 3 is 2.94 bits per heavy atom. The molecule has 1 aromatic rings. The van der Waals surface area contributed by atoms with Crippen molar-refractivity contribution in [3.8, 4) is 0 Å². The fourth-order valence-corrected chi connectivity index (χ4v) is 2.55. The van der Waals surface area contributed by atoms with E-state index in [9.17, 15) is 5.11 Å². The first-order valence-electron chi connectivity index (χ1n) is 6.76. The van der Waals surface area contributed by atoms with Crippen molar-refractivity contribution in [2.75, 3.05) is 0 Å². The average molecular weight is 234 g/mol. The fourth-order valence-electron chi connectivity index (χ4n) is 2.55. The van der Waals surface area contributed by atoms with Crippen molar-refractivity contribution in [2.45, 2.75) is 58.0 Å². The van der Waals surface area contributed by atoms with Crippen molar-refractivity contribution in [3.63, 3.8) is 0 Å². The van der Waals surface area contributed by atoms with Crippen LogP contribution < -0.4 is 0 Å². The van der Waals surface area contributed by atoms with Crippen LogP contribution in [0.1, 0.15) is 62.9 Å². The van der Waals surface area contributed by atoms with Crippen molar-refractivity contribution < 1.29 is 9.52 Å². The van der Waals surface area contributed by atoms with Gasteiger partial charge in [0.1, 0.15) is 11.9 Å². The molecule has 0 saturated heterocycles. The largest absolute Gasteiger partial charge is 0.469 e. The van der Waals surface area contributed by atoms with E-state index in [4.69, 9.17) is 4.42 Å². The van der Waals surface area contributed by atoms with Crippen molar-refractivity contribution in [1.29, 1.82) is 0 Å². The van der Waals surface area contributed by atoms with Gasteiger partial charge < -0.3 is 9.52 Å². The molecule has 1 unspecified atom stereocenters. The molecular weight excluding hydrogens is 212 g/mol. The van der Waals surface area contributed by atoms with Gasteiger partial charge >= 0.3 is 0 Å². The SMILES string of the molecule is CCc1occc1C(O)/C1=C/CCCCCC1. The molecule has 0 saturated carbocycles. The number of allylic oxidation sites excluding steroid dienone is 1. The molecule has 0 bridgehead atoms. The third kappa shape index (κ3) is 3.01. The Balaban J connectivity index is 2.14. The molecule has 1 atom stereocenters. The van der Waals surface area contributed by atoms with E-state index in [0.717, 1.165) is 30.6 Å². The second-order valence-corrected chi connectivity index (χ2v) is 4.79. The van der Waals surface area contributed by atoms with Gasteiger partial charge in [-0.25, -0.2) is 0 Å². The topological polar surface area (TPSA) is 33.4 Å². The highest BCUT2D eigenvalue weighted by Gasteiger charge is 2.18. The zero-order valence-corrected chi connectivity index (χ0v) is 10.6. The van der Waals surface area contributed by atoms with Gasteiger partial charge in [0.15, 0.2) is 0 Å². The minimum absolute atomic E-state index is 0.457. The minimum Gasteiger partial charge on any atom is -0.469 e. The molecule has 0 fully saturated rings. The number of furan rings is 1. The Bertz CT molecular complexity index is 376. The van der Waals surface area contributed by atoms with Crippen LogP contribution in [0.3, 0.4) is 0 Å². The Kier molecular flexibility index (Phi) is 4.43. The van der Waals surface area contributed by atoms with Gasteiger partial charge in [0.05, 0.1) is 6.26 Å². The van der Waals surface area contributed by atoms with E-state index < -0.39 is 6.10 Å². The van der Waals surface area contributed by atoms with Crippen LogP contribution in [0.5, 0.6) is 0 Å². The van der Waals surface area contributed by atoms with E-state index in [1.807, 2.05) is 6.07 Å². The Morgan fingerprint density at radius 2 is 2.12 bits per heavy atom. The standard InChI is InChI=1S/C15H22O2/c1-2-14-13(10-11-17-14)15(16)12-8-6-4-3-5-7-9-12/h8,10-11,15-16H,2-7,9H2,1H3/b12-8+. The number of aryl methyl sites for hydroxylation is 1. The lowest BCUT2D eigenvalue weighted by atomic mass is 9.92. The van der Waals surface area contributed by atoms with Gasteiger partial charge in [-0.3, -0.25) is 0 Å². The van der Waals surface area contributed by atoms with Crippen LogP contribution in [0.2, 0.25) is 0 Å². The molecule has 1 N–H and O–H groups in total. The van der Waals surface area contributed by atoms with E-state index in [1.54, 1.807) is 6.26 Å². The molecule has 1 aromatic heterocycles. The lowest BCUT2D eigenvalue weighted by Crippen LogP contribution is -2.04. The Hall–Kier alpha value is -1.02. The van der Waals surface area contributed by atoms with E-state index >= 15 is 0 Å². The fraction of sp³-hybridized carbons (Fsp3) is 0.600. The molecule has 1 aliphatic carbocycles. The van der Waals surface area contributed by atoms with Gasteiger partial charge in [0, 0.05) is 12.0 Å². The summed E-state index contributed by atoms with van der Waals surface area (Å²) >= 11 is 0. The maximum absolute atomic E-state index is 10.4. The third-order valence-corrected chi connectivity index (χ3v) is 3.57. The first kappa shape index (κ1) is 12.4. The van der Waals surface area contributed by atoms with Crippen LogP contribution in [0.25, 0.3) is 0 Å².